The summed E-state index contributed by atoms with van der Waals surface area (Å²) in [6.45, 7) is 5.07. The lowest BCUT2D eigenvalue weighted by Gasteiger charge is -2.29. The average molecular weight is 420 g/mol. The van der Waals surface area contributed by atoms with Crippen LogP contribution in [-0.4, -0.2) is 58.5 Å². The predicted octanol–water partition coefficient (Wildman–Crippen LogP) is 2.56. The molecule has 2 aromatic heterocycles. The van der Waals surface area contributed by atoms with Crippen LogP contribution in [0.4, 0.5) is 0 Å². The second kappa shape index (κ2) is 7.61. The Hall–Kier alpha value is -2.30. The normalized spacial score (nSPS) is 18.4. The largest absolute Gasteiger partial charge is 0.490 e. The first-order valence-electron chi connectivity index (χ1n) is 8.97. The molecule has 0 amide bonds. The molecule has 0 bridgehead atoms. The molecule has 1 unspecified atom stereocenters. The summed E-state index contributed by atoms with van der Waals surface area (Å²) < 4.78 is 32.7. The maximum Gasteiger partial charge on any atom is 0.234 e. The van der Waals surface area contributed by atoms with Crippen LogP contribution < -0.4 is 4.74 Å². The molecule has 1 aliphatic heterocycles. The van der Waals surface area contributed by atoms with Gasteiger partial charge < -0.3 is 4.74 Å². The minimum Gasteiger partial charge on any atom is -0.490 e. The highest BCUT2D eigenvalue weighted by Gasteiger charge is 2.30. The number of benzene rings is 1. The van der Waals surface area contributed by atoms with E-state index in [0.717, 1.165) is 29.2 Å². The third-order valence-electron chi connectivity index (χ3n) is 4.68. The number of hydrogen-bond acceptors (Lipinski definition) is 7. The lowest BCUT2D eigenvalue weighted by Crippen LogP contribution is -2.38. The summed E-state index contributed by atoms with van der Waals surface area (Å²) in [6, 6.07) is 7.71. The molecular weight excluding hydrogens is 398 g/mol. The Kier molecular flexibility index (Phi) is 5.17. The van der Waals surface area contributed by atoms with Gasteiger partial charge in [0.1, 0.15) is 17.4 Å². The third kappa shape index (κ3) is 3.80. The molecule has 1 fully saturated rings. The first-order valence-corrected chi connectivity index (χ1v) is 11.6. The molecule has 1 atom stereocenters. The van der Waals surface area contributed by atoms with Crippen molar-refractivity contribution in [1.82, 2.24) is 24.1 Å². The van der Waals surface area contributed by atoms with Gasteiger partial charge in [-0.3, -0.25) is 0 Å². The van der Waals surface area contributed by atoms with E-state index in [1.165, 1.54) is 21.9 Å². The topological polar surface area (TPSA) is 89.7 Å². The molecule has 148 valence electrons. The molecule has 28 heavy (non-hydrogen) atoms. The number of aromatic nitrogens is 4. The molecule has 3 aromatic rings. The molecule has 8 nitrogen and oxygen atoms in total. The van der Waals surface area contributed by atoms with E-state index in [2.05, 4.69) is 16.8 Å². The lowest BCUT2D eigenvalue weighted by molar-refractivity contribution is 0.309. The van der Waals surface area contributed by atoms with Crippen molar-refractivity contribution < 1.29 is 13.2 Å². The number of rotatable bonds is 6. The van der Waals surface area contributed by atoms with Gasteiger partial charge in [0.05, 0.1) is 6.26 Å². The Morgan fingerprint density at radius 2 is 2.25 bits per heavy atom. The van der Waals surface area contributed by atoms with Crippen LogP contribution in [-0.2, 0) is 10.0 Å². The molecule has 1 aliphatic rings. The molecule has 0 aliphatic carbocycles. The van der Waals surface area contributed by atoms with Crippen LogP contribution in [0.2, 0.25) is 0 Å². The van der Waals surface area contributed by atoms with Crippen molar-refractivity contribution in [3.63, 3.8) is 0 Å². The predicted molar refractivity (Wildman–Crippen MR) is 108 cm³/mol. The Balaban J connectivity index is 1.63. The maximum atomic E-state index is 11.9. The van der Waals surface area contributed by atoms with Gasteiger partial charge >= 0.3 is 0 Å². The zero-order valence-electron chi connectivity index (χ0n) is 15.5. The minimum atomic E-state index is -3.22. The van der Waals surface area contributed by atoms with Gasteiger partial charge in [0.15, 0.2) is 5.82 Å². The average Bonchev–Trinajstić information content (AvgIpc) is 3.27. The fourth-order valence-electron chi connectivity index (χ4n) is 3.33. The van der Waals surface area contributed by atoms with Gasteiger partial charge in [-0.15, -0.1) is 10.2 Å². The van der Waals surface area contributed by atoms with Crippen LogP contribution in [0.3, 0.4) is 0 Å². The Labute approximate surface area is 167 Å². The molecule has 0 radical (unpaired) electrons. The van der Waals surface area contributed by atoms with Crippen LogP contribution in [0.1, 0.15) is 24.6 Å². The highest BCUT2D eigenvalue weighted by Crippen LogP contribution is 2.32. The third-order valence-corrected chi connectivity index (χ3v) is 6.90. The Bertz CT molecular complexity index is 1110. The van der Waals surface area contributed by atoms with Crippen molar-refractivity contribution >= 4 is 26.3 Å². The van der Waals surface area contributed by atoms with Crippen LogP contribution in [0, 0.1) is 0 Å². The van der Waals surface area contributed by atoms with Crippen LogP contribution in [0.25, 0.3) is 15.5 Å². The molecule has 1 saturated heterocycles. The van der Waals surface area contributed by atoms with Crippen molar-refractivity contribution in [1.29, 1.82) is 0 Å². The van der Waals surface area contributed by atoms with E-state index in [4.69, 9.17) is 9.84 Å². The van der Waals surface area contributed by atoms with Crippen molar-refractivity contribution in [3.8, 4) is 16.3 Å². The fraction of sp³-hybridized carbons (Fsp3) is 0.389. The number of hydrogen-bond donors (Lipinski definition) is 0. The molecule has 0 N–H and O–H groups in total. The fourth-order valence-corrected chi connectivity index (χ4v) is 5.09. The van der Waals surface area contributed by atoms with Crippen LogP contribution in [0.5, 0.6) is 5.75 Å². The SMILES string of the molecule is C=CCOc1cccc(-c2nn3c(C4CCCN(S(C)(=O)=O)C4)nnc3s2)c1. The number of piperidine rings is 1. The van der Waals surface area contributed by atoms with E-state index in [0.29, 0.717) is 30.5 Å². The second-order valence-electron chi connectivity index (χ2n) is 6.75. The smallest absolute Gasteiger partial charge is 0.234 e. The van der Waals surface area contributed by atoms with Crippen molar-refractivity contribution in [2.75, 3.05) is 26.0 Å². The van der Waals surface area contributed by atoms with Gasteiger partial charge in [-0.2, -0.15) is 9.61 Å². The Morgan fingerprint density at radius 3 is 3.04 bits per heavy atom. The van der Waals surface area contributed by atoms with Gasteiger partial charge in [0.2, 0.25) is 15.0 Å². The Morgan fingerprint density at radius 1 is 1.39 bits per heavy atom. The van der Waals surface area contributed by atoms with E-state index in [1.807, 2.05) is 24.3 Å². The van der Waals surface area contributed by atoms with Gasteiger partial charge in [-0.25, -0.2) is 12.7 Å². The summed E-state index contributed by atoms with van der Waals surface area (Å²) in [7, 11) is -3.22. The quantitative estimate of drug-likeness (QED) is 0.571. The number of ether oxygens (including phenoxy) is 1. The van der Waals surface area contributed by atoms with Gasteiger partial charge in [0.25, 0.3) is 0 Å². The van der Waals surface area contributed by atoms with Gasteiger partial charge in [-0.1, -0.05) is 36.1 Å². The molecule has 3 heterocycles. The zero-order chi connectivity index (χ0) is 19.7. The van der Waals surface area contributed by atoms with Crippen molar-refractivity contribution in [2.45, 2.75) is 18.8 Å². The molecule has 1 aromatic carbocycles. The summed E-state index contributed by atoms with van der Waals surface area (Å²) in [5.74, 6) is 1.44. The summed E-state index contributed by atoms with van der Waals surface area (Å²) in [6.07, 6.45) is 4.61. The first kappa shape index (κ1) is 19.0. The van der Waals surface area contributed by atoms with Gasteiger partial charge in [-0.05, 0) is 25.0 Å². The monoisotopic (exact) mass is 419 g/mol. The number of fused-ring (bicyclic) bond motifs is 1. The van der Waals surface area contributed by atoms with Crippen molar-refractivity contribution in [2.24, 2.45) is 0 Å². The molecule has 4 rings (SSSR count). The standard InChI is InChI=1S/C18H21N5O3S2/c1-3-10-26-15-8-4-6-13(11-15)17-21-23-16(19-20-18(23)27-17)14-7-5-9-22(12-14)28(2,24)25/h3-4,6,8,11,14H,1,5,7,9-10,12H2,2H3. The lowest BCUT2D eigenvalue weighted by atomic mass is 9.99. The molecular formula is C18H21N5O3S2. The van der Waals surface area contributed by atoms with Crippen LogP contribution >= 0.6 is 11.3 Å². The molecule has 0 spiro atoms. The highest BCUT2D eigenvalue weighted by molar-refractivity contribution is 7.88. The highest BCUT2D eigenvalue weighted by atomic mass is 32.2. The summed E-state index contributed by atoms with van der Waals surface area (Å²) >= 11 is 1.44. The van der Waals surface area contributed by atoms with E-state index in [9.17, 15) is 8.42 Å². The van der Waals surface area contributed by atoms with E-state index >= 15 is 0 Å². The van der Waals surface area contributed by atoms with E-state index < -0.39 is 10.0 Å². The van der Waals surface area contributed by atoms with E-state index in [1.54, 1.807) is 10.6 Å². The van der Waals surface area contributed by atoms with Crippen LogP contribution in [0.15, 0.2) is 36.9 Å². The first-order chi connectivity index (χ1) is 13.5. The zero-order valence-corrected chi connectivity index (χ0v) is 17.1. The minimum absolute atomic E-state index is 0.0179. The maximum absolute atomic E-state index is 11.9. The summed E-state index contributed by atoms with van der Waals surface area (Å²) in [5, 5.41) is 14.1. The van der Waals surface area contributed by atoms with Crippen molar-refractivity contribution in [3.05, 3.63) is 42.7 Å². The summed E-state index contributed by atoms with van der Waals surface area (Å²) in [4.78, 5) is 0.693. The second-order valence-corrected chi connectivity index (χ2v) is 9.69. The van der Waals surface area contributed by atoms with E-state index in [-0.39, 0.29) is 5.92 Å². The molecule has 10 heteroatoms. The summed E-state index contributed by atoms with van der Waals surface area (Å²) in [5.41, 5.74) is 0.935. The van der Waals surface area contributed by atoms with Gasteiger partial charge in [0, 0.05) is 24.6 Å². The molecule has 0 saturated carbocycles. The number of sulfonamides is 1. The number of nitrogens with zero attached hydrogens (tertiary/aromatic N) is 5.